The number of morpholine rings is 1. The Morgan fingerprint density at radius 3 is 1.93 bits per heavy atom. The summed E-state index contributed by atoms with van der Waals surface area (Å²) in [6, 6.07) is 21.1. The first-order valence-corrected chi connectivity index (χ1v) is 10.9. The van der Waals surface area contributed by atoms with E-state index < -0.39 is 5.41 Å². The quantitative estimate of drug-likeness (QED) is 0.751. The molecule has 0 bridgehead atoms. The van der Waals surface area contributed by atoms with E-state index in [4.69, 9.17) is 4.74 Å². The Morgan fingerprint density at radius 1 is 0.897 bits per heavy atom. The molecule has 0 spiro atoms. The molecule has 154 valence electrons. The third-order valence-corrected chi connectivity index (χ3v) is 6.56. The van der Waals surface area contributed by atoms with E-state index >= 15 is 0 Å². The number of amides is 1. The first-order valence-electron chi connectivity index (χ1n) is 10.9. The standard InChI is InChI=1S/C25H32N2O2/c1-21(26-16-18-29-19-17-26)20-25(22-10-4-2-5-11-22,23-12-6-3-7-13-23)24(28)27-14-8-9-15-27/h2-7,10-13,21H,8-9,14-20H2,1H3/t21-/m0/s1. The van der Waals surface area contributed by atoms with Crippen molar-refractivity contribution in [3.05, 3.63) is 71.8 Å². The molecule has 0 saturated carbocycles. The molecule has 2 fully saturated rings. The predicted octanol–water partition coefficient (Wildman–Crippen LogP) is 3.71. The van der Waals surface area contributed by atoms with Gasteiger partial charge in [0.05, 0.1) is 13.2 Å². The van der Waals surface area contributed by atoms with Crippen LogP contribution in [0.4, 0.5) is 0 Å². The van der Waals surface area contributed by atoms with Gasteiger partial charge in [0.25, 0.3) is 0 Å². The molecule has 2 aromatic carbocycles. The van der Waals surface area contributed by atoms with Gasteiger partial charge in [-0.3, -0.25) is 9.69 Å². The van der Waals surface area contributed by atoms with Gasteiger partial charge >= 0.3 is 0 Å². The number of carbonyl (C=O) groups is 1. The first kappa shape index (κ1) is 20.1. The van der Waals surface area contributed by atoms with Crippen LogP contribution in [-0.4, -0.2) is 61.1 Å². The maximum absolute atomic E-state index is 14.2. The highest BCUT2D eigenvalue weighted by Crippen LogP contribution is 2.40. The maximum Gasteiger partial charge on any atom is 0.237 e. The first-order chi connectivity index (χ1) is 14.2. The van der Waals surface area contributed by atoms with Crippen LogP contribution >= 0.6 is 0 Å². The predicted molar refractivity (Wildman–Crippen MR) is 116 cm³/mol. The number of likely N-dealkylation sites (tertiary alicyclic amines) is 1. The van der Waals surface area contributed by atoms with Crippen molar-refractivity contribution in [2.75, 3.05) is 39.4 Å². The highest BCUT2D eigenvalue weighted by Gasteiger charge is 2.46. The van der Waals surface area contributed by atoms with E-state index in [9.17, 15) is 4.79 Å². The lowest BCUT2D eigenvalue weighted by Gasteiger charge is -2.42. The molecule has 4 rings (SSSR count). The second-order valence-corrected chi connectivity index (χ2v) is 8.34. The summed E-state index contributed by atoms with van der Waals surface area (Å²) in [6.45, 7) is 7.40. The monoisotopic (exact) mass is 392 g/mol. The summed E-state index contributed by atoms with van der Waals surface area (Å²) in [7, 11) is 0. The lowest BCUT2D eigenvalue weighted by atomic mass is 9.69. The summed E-state index contributed by atoms with van der Waals surface area (Å²) in [5, 5.41) is 0. The molecule has 0 radical (unpaired) electrons. The number of hydrogen-bond donors (Lipinski definition) is 0. The number of rotatable bonds is 6. The van der Waals surface area contributed by atoms with Crippen molar-refractivity contribution in [2.45, 2.75) is 37.6 Å². The van der Waals surface area contributed by atoms with Crippen molar-refractivity contribution in [3.63, 3.8) is 0 Å². The van der Waals surface area contributed by atoms with Crippen LogP contribution in [0.15, 0.2) is 60.7 Å². The zero-order valence-corrected chi connectivity index (χ0v) is 17.4. The summed E-state index contributed by atoms with van der Waals surface area (Å²) in [5.41, 5.74) is 1.54. The van der Waals surface area contributed by atoms with Crippen molar-refractivity contribution in [1.29, 1.82) is 0 Å². The van der Waals surface area contributed by atoms with E-state index in [1.807, 2.05) is 12.1 Å². The van der Waals surface area contributed by atoms with Gasteiger partial charge in [-0.1, -0.05) is 60.7 Å². The summed E-state index contributed by atoms with van der Waals surface area (Å²) in [5.74, 6) is 0.257. The molecular formula is C25H32N2O2. The molecule has 0 aliphatic carbocycles. The largest absolute Gasteiger partial charge is 0.379 e. The summed E-state index contributed by atoms with van der Waals surface area (Å²) < 4.78 is 5.56. The lowest BCUT2D eigenvalue weighted by molar-refractivity contribution is -0.135. The molecule has 0 unspecified atom stereocenters. The fourth-order valence-electron chi connectivity index (χ4n) is 4.96. The number of benzene rings is 2. The molecule has 1 atom stereocenters. The Hall–Kier alpha value is -2.17. The van der Waals surface area contributed by atoms with Crippen LogP contribution in [0.3, 0.4) is 0 Å². The van der Waals surface area contributed by atoms with Gasteiger partial charge < -0.3 is 9.64 Å². The van der Waals surface area contributed by atoms with E-state index in [-0.39, 0.29) is 11.9 Å². The van der Waals surface area contributed by atoms with Crippen molar-refractivity contribution in [1.82, 2.24) is 9.80 Å². The minimum absolute atomic E-state index is 0.257. The van der Waals surface area contributed by atoms with E-state index in [2.05, 4.69) is 65.3 Å². The zero-order chi connectivity index (χ0) is 20.1. The molecule has 4 heteroatoms. The number of hydrogen-bond acceptors (Lipinski definition) is 3. The van der Waals surface area contributed by atoms with E-state index in [1.54, 1.807) is 0 Å². The summed E-state index contributed by atoms with van der Waals surface area (Å²) in [4.78, 5) is 18.7. The van der Waals surface area contributed by atoms with Crippen LogP contribution in [0, 0.1) is 0 Å². The average Bonchev–Trinajstić information content (AvgIpc) is 3.34. The molecule has 2 saturated heterocycles. The SMILES string of the molecule is C[C@@H](CC(C(=O)N1CCCC1)(c1ccccc1)c1ccccc1)N1CCOCC1. The fraction of sp³-hybridized carbons (Fsp3) is 0.480. The van der Waals surface area contributed by atoms with Gasteiger partial charge in [0.1, 0.15) is 5.41 Å². The van der Waals surface area contributed by atoms with Crippen molar-refractivity contribution in [2.24, 2.45) is 0 Å². The average molecular weight is 393 g/mol. The van der Waals surface area contributed by atoms with Crippen molar-refractivity contribution >= 4 is 5.91 Å². The molecule has 0 aromatic heterocycles. The van der Waals surface area contributed by atoms with Crippen molar-refractivity contribution in [3.8, 4) is 0 Å². The number of ether oxygens (including phenoxy) is 1. The molecule has 2 aromatic rings. The maximum atomic E-state index is 14.2. The van der Waals surface area contributed by atoms with Crippen LogP contribution in [0.25, 0.3) is 0 Å². The molecule has 2 aliphatic rings. The molecule has 29 heavy (non-hydrogen) atoms. The topological polar surface area (TPSA) is 32.8 Å². The van der Waals surface area contributed by atoms with Crippen LogP contribution < -0.4 is 0 Å². The third kappa shape index (κ3) is 4.10. The van der Waals surface area contributed by atoms with E-state index in [1.165, 1.54) is 0 Å². The van der Waals surface area contributed by atoms with Gasteiger partial charge in [-0.15, -0.1) is 0 Å². The van der Waals surface area contributed by atoms with Crippen LogP contribution in [-0.2, 0) is 14.9 Å². The third-order valence-electron chi connectivity index (χ3n) is 6.56. The van der Waals surface area contributed by atoms with Crippen LogP contribution in [0.2, 0.25) is 0 Å². The smallest absolute Gasteiger partial charge is 0.237 e. The Kier molecular flexibility index (Phi) is 6.31. The van der Waals surface area contributed by atoms with Crippen LogP contribution in [0.1, 0.15) is 37.3 Å². The lowest BCUT2D eigenvalue weighted by Crippen LogP contribution is -2.52. The second-order valence-electron chi connectivity index (χ2n) is 8.34. The zero-order valence-electron chi connectivity index (χ0n) is 17.4. The number of carbonyl (C=O) groups excluding carboxylic acids is 1. The van der Waals surface area contributed by atoms with Gasteiger partial charge in [0, 0.05) is 32.2 Å². The highest BCUT2D eigenvalue weighted by molar-refractivity contribution is 5.92. The Labute approximate surface area is 174 Å². The molecule has 2 aliphatic heterocycles. The van der Waals surface area contributed by atoms with E-state index in [0.29, 0.717) is 0 Å². The minimum atomic E-state index is -0.662. The van der Waals surface area contributed by atoms with Gasteiger partial charge in [-0.2, -0.15) is 0 Å². The summed E-state index contributed by atoms with van der Waals surface area (Å²) >= 11 is 0. The Balaban J connectivity index is 1.79. The normalized spacial score (nSPS) is 19.3. The van der Waals surface area contributed by atoms with E-state index in [0.717, 1.165) is 69.8 Å². The second kappa shape index (κ2) is 9.10. The van der Waals surface area contributed by atoms with Crippen molar-refractivity contribution < 1.29 is 9.53 Å². The minimum Gasteiger partial charge on any atom is -0.379 e. The van der Waals surface area contributed by atoms with Gasteiger partial charge in [-0.05, 0) is 37.3 Å². The van der Waals surface area contributed by atoms with Gasteiger partial charge in [-0.25, -0.2) is 0 Å². The number of nitrogens with zero attached hydrogens (tertiary/aromatic N) is 2. The Bertz CT molecular complexity index is 741. The molecule has 1 amide bonds. The molecule has 0 N–H and O–H groups in total. The van der Waals surface area contributed by atoms with Gasteiger partial charge in [0.2, 0.25) is 5.91 Å². The molecule has 2 heterocycles. The summed E-state index contributed by atoms with van der Waals surface area (Å²) in [6.07, 6.45) is 2.98. The molecule has 4 nitrogen and oxygen atoms in total. The van der Waals surface area contributed by atoms with Crippen LogP contribution in [0.5, 0.6) is 0 Å². The molecular weight excluding hydrogens is 360 g/mol. The fourth-order valence-corrected chi connectivity index (χ4v) is 4.96. The highest BCUT2D eigenvalue weighted by atomic mass is 16.5. The Morgan fingerprint density at radius 2 is 1.41 bits per heavy atom. The van der Waals surface area contributed by atoms with Gasteiger partial charge in [0.15, 0.2) is 0 Å².